The Morgan fingerprint density at radius 1 is 1.00 bits per heavy atom. The van der Waals surface area contributed by atoms with E-state index in [2.05, 4.69) is 41.6 Å². The molecule has 1 aromatic carbocycles. The second-order valence-corrected chi connectivity index (χ2v) is 7.13. The van der Waals surface area contributed by atoms with Crippen LogP contribution in [0.2, 0.25) is 0 Å². The van der Waals surface area contributed by atoms with E-state index in [0.717, 1.165) is 22.0 Å². The zero-order chi connectivity index (χ0) is 16.2. The lowest BCUT2D eigenvalue weighted by Gasteiger charge is -2.08. The molecule has 0 N–H and O–H groups in total. The molecule has 5 heteroatoms. The lowest BCUT2D eigenvalue weighted by molar-refractivity contribution is 0.355. The van der Waals surface area contributed by atoms with E-state index in [9.17, 15) is 0 Å². The zero-order valence-electron chi connectivity index (χ0n) is 13.2. The van der Waals surface area contributed by atoms with Crippen molar-refractivity contribution in [3.05, 3.63) is 50.5 Å². The minimum atomic E-state index is 0.712. The zero-order valence-corrected chi connectivity index (χ0v) is 14.8. The molecule has 0 unspecified atom stereocenters. The molecule has 3 nitrogen and oxygen atoms in total. The number of hydrogen-bond donors (Lipinski definition) is 0. The minimum Gasteiger partial charge on any atom is -0.493 e. The van der Waals surface area contributed by atoms with E-state index in [1.807, 2.05) is 18.2 Å². The van der Waals surface area contributed by atoms with Crippen molar-refractivity contribution in [2.24, 2.45) is 0 Å². The summed E-state index contributed by atoms with van der Waals surface area (Å²) in [4.78, 5) is 7.23. The van der Waals surface area contributed by atoms with Crippen LogP contribution in [0.5, 0.6) is 11.5 Å². The summed E-state index contributed by atoms with van der Waals surface area (Å²) in [5.74, 6) is 1.43. The summed E-state index contributed by atoms with van der Waals surface area (Å²) >= 11 is 3.41. The number of thiophene rings is 1. The molecule has 0 bridgehead atoms. The lowest BCUT2D eigenvalue weighted by Crippen LogP contribution is -1.90. The standard InChI is InChI=1S/C18H17NO2S2/c1-12-4-6-14(23-12)7-9-18-19-15(11-22-18)13-5-8-16(20-2)17(10-13)21-3/h4-11H,1-3H3/b9-7+. The number of methoxy groups -OCH3 is 2. The fraction of sp³-hybridized carbons (Fsp3) is 0.167. The Bertz CT molecular complexity index is 833. The van der Waals surface area contributed by atoms with Gasteiger partial charge in [0.1, 0.15) is 5.01 Å². The lowest BCUT2D eigenvalue weighted by atomic mass is 10.1. The number of ether oxygens (including phenoxy) is 2. The Balaban J connectivity index is 1.83. The first kappa shape index (κ1) is 15.8. The van der Waals surface area contributed by atoms with Crippen molar-refractivity contribution in [1.82, 2.24) is 4.98 Å². The van der Waals surface area contributed by atoms with E-state index in [1.165, 1.54) is 9.75 Å². The van der Waals surface area contributed by atoms with E-state index in [0.29, 0.717) is 5.75 Å². The Kier molecular flexibility index (Phi) is 4.79. The summed E-state index contributed by atoms with van der Waals surface area (Å²) in [5, 5.41) is 3.04. The van der Waals surface area contributed by atoms with Gasteiger partial charge >= 0.3 is 0 Å². The molecule has 3 aromatic rings. The Labute approximate surface area is 143 Å². The highest BCUT2D eigenvalue weighted by Gasteiger charge is 2.08. The SMILES string of the molecule is COc1ccc(-c2csc(/C=C/c3ccc(C)s3)n2)cc1OC. The summed E-state index contributed by atoms with van der Waals surface area (Å²) < 4.78 is 10.6. The maximum atomic E-state index is 5.35. The third-order valence-electron chi connectivity index (χ3n) is 3.35. The van der Waals surface area contributed by atoms with Crippen LogP contribution in [0.4, 0.5) is 0 Å². The quantitative estimate of drug-likeness (QED) is 0.624. The van der Waals surface area contributed by atoms with E-state index < -0.39 is 0 Å². The van der Waals surface area contributed by atoms with Crippen LogP contribution in [0, 0.1) is 6.92 Å². The van der Waals surface area contributed by atoms with Gasteiger partial charge in [-0.25, -0.2) is 4.98 Å². The van der Waals surface area contributed by atoms with Gasteiger partial charge in [-0.05, 0) is 49.4 Å². The highest BCUT2D eigenvalue weighted by Crippen LogP contribution is 2.33. The van der Waals surface area contributed by atoms with Crippen molar-refractivity contribution in [3.63, 3.8) is 0 Å². The van der Waals surface area contributed by atoms with Crippen LogP contribution >= 0.6 is 22.7 Å². The van der Waals surface area contributed by atoms with E-state index >= 15 is 0 Å². The molecule has 0 spiro atoms. The number of thiazole rings is 1. The molecule has 2 heterocycles. The molecule has 0 fully saturated rings. The average Bonchev–Trinajstić information content (AvgIpc) is 3.21. The van der Waals surface area contributed by atoms with Crippen LogP contribution in [0.1, 0.15) is 14.8 Å². The van der Waals surface area contributed by atoms with E-state index in [1.54, 1.807) is 36.9 Å². The highest BCUT2D eigenvalue weighted by atomic mass is 32.1. The first-order valence-electron chi connectivity index (χ1n) is 7.12. The van der Waals surface area contributed by atoms with Gasteiger partial charge in [-0.3, -0.25) is 0 Å². The number of nitrogens with zero attached hydrogens (tertiary/aromatic N) is 1. The number of aromatic nitrogens is 1. The third-order valence-corrected chi connectivity index (χ3v) is 5.13. The molecule has 0 aliphatic rings. The van der Waals surface area contributed by atoms with E-state index in [-0.39, 0.29) is 0 Å². The summed E-state index contributed by atoms with van der Waals surface area (Å²) in [6, 6.07) is 10.1. The molecule has 0 radical (unpaired) electrons. The second-order valence-electron chi connectivity index (χ2n) is 4.92. The Hall–Kier alpha value is -2.11. The number of aryl methyl sites for hydroxylation is 1. The molecule has 0 atom stereocenters. The molecule has 0 aliphatic carbocycles. The van der Waals surface area contributed by atoms with Gasteiger partial charge in [0.05, 0.1) is 19.9 Å². The predicted octanol–water partition coefficient (Wildman–Crippen LogP) is 5.37. The highest BCUT2D eigenvalue weighted by molar-refractivity contribution is 7.13. The molecule has 2 aromatic heterocycles. The van der Waals surface area contributed by atoms with Crippen LogP contribution in [-0.4, -0.2) is 19.2 Å². The van der Waals surface area contributed by atoms with Crippen LogP contribution in [-0.2, 0) is 0 Å². The second kappa shape index (κ2) is 6.98. The number of rotatable bonds is 5. The first-order valence-corrected chi connectivity index (χ1v) is 8.81. The normalized spacial score (nSPS) is 11.1. The van der Waals surface area contributed by atoms with Gasteiger partial charge in [-0.15, -0.1) is 22.7 Å². The molecule has 0 saturated carbocycles. The van der Waals surface area contributed by atoms with Crippen molar-refractivity contribution in [3.8, 4) is 22.8 Å². The Morgan fingerprint density at radius 2 is 1.83 bits per heavy atom. The van der Waals surface area contributed by atoms with E-state index in [4.69, 9.17) is 9.47 Å². The largest absolute Gasteiger partial charge is 0.493 e. The maximum Gasteiger partial charge on any atom is 0.161 e. The van der Waals surface area contributed by atoms with Crippen molar-refractivity contribution >= 4 is 34.8 Å². The average molecular weight is 343 g/mol. The summed E-state index contributed by atoms with van der Waals surface area (Å²) in [6.07, 6.45) is 4.16. The topological polar surface area (TPSA) is 31.4 Å². The molecular weight excluding hydrogens is 326 g/mol. The molecule has 0 amide bonds. The van der Waals surface area contributed by atoms with Crippen molar-refractivity contribution in [1.29, 1.82) is 0 Å². The monoisotopic (exact) mass is 343 g/mol. The van der Waals surface area contributed by atoms with Crippen molar-refractivity contribution in [2.75, 3.05) is 14.2 Å². The van der Waals surface area contributed by atoms with Crippen LogP contribution in [0.3, 0.4) is 0 Å². The van der Waals surface area contributed by atoms with Gasteiger partial charge < -0.3 is 9.47 Å². The van der Waals surface area contributed by atoms with Gasteiger partial charge in [0.15, 0.2) is 11.5 Å². The third kappa shape index (κ3) is 3.63. The first-order chi connectivity index (χ1) is 11.2. The van der Waals surface area contributed by atoms with Gasteiger partial charge in [0, 0.05) is 20.7 Å². The molecule has 3 rings (SSSR count). The van der Waals surface area contributed by atoms with Crippen molar-refractivity contribution < 1.29 is 9.47 Å². The van der Waals surface area contributed by atoms with Gasteiger partial charge in [-0.2, -0.15) is 0 Å². The summed E-state index contributed by atoms with van der Waals surface area (Å²) in [6.45, 7) is 2.11. The maximum absolute atomic E-state index is 5.35. The minimum absolute atomic E-state index is 0.712. The summed E-state index contributed by atoms with van der Waals surface area (Å²) in [5.41, 5.74) is 1.96. The molecule has 0 saturated heterocycles. The van der Waals surface area contributed by atoms with Crippen LogP contribution < -0.4 is 9.47 Å². The number of hydrogen-bond acceptors (Lipinski definition) is 5. The van der Waals surface area contributed by atoms with Crippen molar-refractivity contribution in [2.45, 2.75) is 6.92 Å². The molecule has 0 aliphatic heterocycles. The number of benzene rings is 1. The fourth-order valence-electron chi connectivity index (χ4n) is 2.19. The van der Waals surface area contributed by atoms with Gasteiger partial charge in [0.2, 0.25) is 0 Å². The summed E-state index contributed by atoms with van der Waals surface area (Å²) in [7, 11) is 3.27. The smallest absolute Gasteiger partial charge is 0.161 e. The Morgan fingerprint density at radius 3 is 2.52 bits per heavy atom. The van der Waals surface area contributed by atoms with Crippen LogP contribution in [0.25, 0.3) is 23.4 Å². The van der Waals surface area contributed by atoms with Gasteiger partial charge in [-0.1, -0.05) is 0 Å². The molecule has 118 valence electrons. The molecular formula is C18H17NO2S2. The van der Waals surface area contributed by atoms with Gasteiger partial charge in [0.25, 0.3) is 0 Å². The molecule has 23 heavy (non-hydrogen) atoms. The predicted molar refractivity (Wildman–Crippen MR) is 98.6 cm³/mol. The van der Waals surface area contributed by atoms with Crippen LogP contribution in [0.15, 0.2) is 35.7 Å². The fourth-order valence-corrected chi connectivity index (χ4v) is 3.69.